The van der Waals surface area contributed by atoms with Crippen molar-refractivity contribution in [2.45, 2.75) is 13.8 Å². The first-order valence-electron chi connectivity index (χ1n) is 2.26. The Morgan fingerprint density at radius 1 is 1.62 bits per heavy atom. The maximum Gasteiger partial charge on any atom is 0.0504 e. The first kappa shape index (κ1) is 9.69. The molecule has 0 aliphatic carbocycles. The molecule has 0 bridgehead atoms. The van der Waals surface area contributed by atoms with Crippen molar-refractivity contribution in [3.05, 3.63) is 0 Å². The third kappa shape index (κ3) is 8.82. The van der Waals surface area contributed by atoms with Crippen molar-refractivity contribution in [2.75, 3.05) is 6.61 Å². The molecule has 2 nitrogen and oxygen atoms in total. The fourth-order valence-corrected chi connectivity index (χ4v) is 0.201. The number of ether oxygens (including phenoxy) is 1. The zero-order chi connectivity index (χ0) is 5.70. The molecular formula is C5H9O2Rf-. The largest absolute Gasteiger partial charge is 0.652 e. The van der Waals surface area contributed by atoms with E-state index in [9.17, 15) is 4.79 Å². The summed E-state index contributed by atoms with van der Waals surface area (Å²) in [7, 11) is 0. The predicted molar refractivity (Wildman–Crippen MR) is 26.5 cm³/mol. The van der Waals surface area contributed by atoms with Gasteiger partial charge in [0.15, 0.2) is 0 Å². The first-order valence-corrected chi connectivity index (χ1v) is 2.26. The molecule has 0 aromatic carbocycles. The van der Waals surface area contributed by atoms with Gasteiger partial charge in [0.1, 0.15) is 0 Å². The van der Waals surface area contributed by atoms with Crippen LogP contribution in [-0.2, 0) is 9.53 Å². The summed E-state index contributed by atoms with van der Waals surface area (Å²) in [6, 6.07) is 0. The summed E-state index contributed by atoms with van der Waals surface area (Å²) >= 11 is 0. The van der Waals surface area contributed by atoms with Gasteiger partial charge in [0, 0.05) is 0 Å². The quantitative estimate of drug-likeness (QED) is 0.687. The Balaban J connectivity index is 0. The van der Waals surface area contributed by atoms with Crippen molar-refractivity contribution < 1.29 is 9.53 Å². The van der Waals surface area contributed by atoms with Gasteiger partial charge in [-0.3, -0.25) is 0 Å². The third-order valence-corrected chi connectivity index (χ3v) is 0.476. The van der Waals surface area contributed by atoms with E-state index in [2.05, 4.69) is 4.74 Å². The molecule has 0 spiro atoms. The minimum absolute atomic E-state index is 0. The number of carbonyl (C=O) groups excluding carboxylic acids is 1. The van der Waals surface area contributed by atoms with Crippen LogP contribution in [0.5, 0.6) is 0 Å². The smallest absolute Gasteiger partial charge is 0.0504 e. The SMILES string of the molecule is CC(C)CO[C-]=O.[Rf]. The van der Waals surface area contributed by atoms with Crippen molar-refractivity contribution in [1.82, 2.24) is 0 Å². The van der Waals surface area contributed by atoms with Gasteiger partial charge >= 0.3 is 0 Å². The van der Waals surface area contributed by atoms with E-state index >= 15 is 0 Å². The second kappa shape index (κ2) is 5.47. The molecule has 3 heteroatoms. The van der Waals surface area contributed by atoms with Gasteiger partial charge in [-0.25, -0.2) is 0 Å². The van der Waals surface area contributed by atoms with E-state index in [0.29, 0.717) is 12.5 Å². The van der Waals surface area contributed by atoms with Crippen molar-refractivity contribution in [1.29, 1.82) is 0 Å². The van der Waals surface area contributed by atoms with Gasteiger partial charge in [0.2, 0.25) is 0 Å². The van der Waals surface area contributed by atoms with Crippen LogP contribution in [0.25, 0.3) is 0 Å². The molecule has 0 saturated carbocycles. The van der Waals surface area contributed by atoms with E-state index in [1.807, 2.05) is 13.8 Å². The van der Waals surface area contributed by atoms with Crippen molar-refractivity contribution in [3.63, 3.8) is 0 Å². The monoisotopic (exact) mass is 368 g/mol. The average Bonchev–Trinajstić information content (AvgIpc) is 1.61. The van der Waals surface area contributed by atoms with Gasteiger partial charge in [-0.05, 0) is 5.92 Å². The first-order chi connectivity index (χ1) is 3.27. The minimum atomic E-state index is 0. The Bertz CT molecular complexity index is 54.4. The van der Waals surface area contributed by atoms with Crippen LogP contribution in [0.4, 0.5) is 0 Å². The van der Waals surface area contributed by atoms with Gasteiger partial charge in [-0.2, -0.15) is 0 Å². The van der Waals surface area contributed by atoms with E-state index < -0.39 is 0 Å². The molecule has 0 N–H and O–H groups in total. The molecule has 0 aromatic rings. The van der Waals surface area contributed by atoms with E-state index in [1.165, 1.54) is 6.47 Å². The summed E-state index contributed by atoms with van der Waals surface area (Å²) in [5.74, 6) is 0.418. The normalized spacial score (nSPS) is 7.88. The van der Waals surface area contributed by atoms with Gasteiger partial charge < -0.3 is 9.53 Å². The molecule has 0 heterocycles. The fraction of sp³-hybridized carbons (Fsp3) is 0.800. The van der Waals surface area contributed by atoms with E-state index in [1.54, 1.807) is 0 Å². The molecule has 8 heavy (non-hydrogen) atoms. The zero-order valence-corrected chi connectivity index (χ0v) is 11.7. The Morgan fingerprint density at radius 2 is 2.12 bits per heavy atom. The van der Waals surface area contributed by atoms with E-state index in [4.69, 9.17) is 0 Å². The average molecular weight is 368 g/mol. The molecule has 44 valence electrons. The summed E-state index contributed by atoms with van der Waals surface area (Å²) in [6.45, 7) is 5.76. The standard InChI is InChI=1S/C5H9O2.Rf/c1-5(2)3-7-4-6;/h5H,3H2,1-2H3;/q-1;. The molecule has 0 unspecified atom stereocenters. The maximum absolute atomic E-state index is 9.36. The second-order valence-electron chi connectivity index (χ2n) is 1.79. The van der Waals surface area contributed by atoms with Crippen LogP contribution in [0.1, 0.15) is 13.8 Å². The molecule has 0 aromatic heterocycles. The molecular weight excluding hydrogens is 359 g/mol. The molecule has 0 aliphatic heterocycles. The maximum atomic E-state index is 9.36. The van der Waals surface area contributed by atoms with Crippen LogP contribution < -0.4 is 0 Å². The Morgan fingerprint density at radius 3 is 2.25 bits per heavy atom. The number of rotatable bonds is 3. The minimum Gasteiger partial charge on any atom is -0.652 e. The number of hydrogen-bond donors (Lipinski definition) is 0. The zero-order valence-electron chi connectivity index (χ0n) is 5.31. The van der Waals surface area contributed by atoms with Gasteiger partial charge in [0.25, 0.3) is 0 Å². The summed E-state index contributed by atoms with van der Waals surface area (Å²) in [5, 5.41) is 0. The Labute approximate surface area is 43.5 Å². The van der Waals surface area contributed by atoms with E-state index in [0.717, 1.165) is 0 Å². The summed E-state index contributed by atoms with van der Waals surface area (Å²) in [6.07, 6.45) is 0. The molecule has 0 rings (SSSR count). The molecule has 0 fully saturated rings. The van der Waals surface area contributed by atoms with Crippen LogP contribution in [-0.4, -0.2) is 13.1 Å². The second-order valence-corrected chi connectivity index (χ2v) is 1.79. The number of hydrogen-bond acceptors (Lipinski definition) is 2. The molecule has 0 saturated heterocycles. The predicted octanol–water partition coefficient (Wildman–Crippen LogP) is 0.726. The summed E-state index contributed by atoms with van der Waals surface area (Å²) in [4.78, 5) is 9.36. The van der Waals surface area contributed by atoms with Gasteiger partial charge in [-0.15, -0.1) is 0 Å². The van der Waals surface area contributed by atoms with Crippen molar-refractivity contribution >= 4 is 6.47 Å². The van der Waals surface area contributed by atoms with Crippen LogP contribution in [0.15, 0.2) is 0 Å². The van der Waals surface area contributed by atoms with E-state index in [-0.39, 0.29) is 0 Å². The van der Waals surface area contributed by atoms with Crippen molar-refractivity contribution in [3.8, 4) is 0 Å². The van der Waals surface area contributed by atoms with Gasteiger partial charge in [-0.1, -0.05) is 20.3 Å². The van der Waals surface area contributed by atoms with Crippen molar-refractivity contribution in [2.24, 2.45) is 5.92 Å². The summed E-state index contributed by atoms with van der Waals surface area (Å²) < 4.78 is 4.29. The van der Waals surface area contributed by atoms with Crippen LogP contribution in [0, 0.1) is 5.92 Å². The Hall–Kier alpha value is -1.53. The molecule has 0 radical (unpaired) electrons. The Kier molecular flexibility index (Phi) is 6.62. The van der Waals surface area contributed by atoms with Crippen LogP contribution in [0.3, 0.4) is 0 Å². The van der Waals surface area contributed by atoms with Gasteiger partial charge in [0.05, 0.1) is 6.61 Å². The molecule has 0 amide bonds. The molecule has 0 atom stereocenters. The topological polar surface area (TPSA) is 26.3 Å². The third-order valence-electron chi connectivity index (χ3n) is 0.476. The van der Waals surface area contributed by atoms with Crippen LogP contribution in [0.2, 0.25) is 0 Å². The molecule has 0 aliphatic rings. The van der Waals surface area contributed by atoms with Crippen LogP contribution >= 0.6 is 0 Å². The fourth-order valence-electron chi connectivity index (χ4n) is 0.201. The summed E-state index contributed by atoms with van der Waals surface area (Å²) in [5.41, 5.74) is 0.